The van der Waals surface area contributed by atoms with Gasteiger partial charge in [-0.05, 0) is 67.4 Å². The minimum atomic E-state index is -0.283. The lowest BCUT2D eigenvalue weighted by molar-refractivity contribution is 0.184. The number of hydrogen-bond donors (Lipinski definition) is 1. The molecule has 3 aromatic carbocycles. The van der Waals surface area contributed by atoms with Gasteiger partial charge in [-0.2, -0.15) is 5.10 Å². The van der Waals surface area contributed by atoms with E-state index >= 15 is 0 Å². The second-order valence-corrected chi connectivity index (χ2v) is 8.35. The predicted molar refractivity (Wildman–Crippen MR) is 136 cm³/mol. The molecule has 0 radical (unpaired) electrons. The fraction of sp³-hybridized carbons (Fsp3) is 0.259. The summed E-state index contributed by atoms with van der Waals surface area (Å²) in [4.78, 5) is 14.6. The third-order valence-electron chi connectivity index (χ3n) is 6.17. The minimum absolute atomic E-state index is 0.173. The molecule has 0 aromatic heterocycles. The number of amides is 2. The number of methoxy groups -OCH3 is 2. The molecule has 8 heteroatoms. The van der Waals surface area contributed by atoms with Gasteiger partial charge in [-0.25, -0.2) is 14.2 Å². The van der Waals surface area contributed by atoms with Crippen LogP contribution in [0.1, 0.15) is 23.6 Å². The minimum Gasteiger partial charge on any atom is -0.493 e. The first-order valence-electron chi connectivity index (χ1n) is 11.3. The quantitative estimate of drug-likeness (QED) is 0.566. The standard InChI is InChI=1S/C27H29FN4O3/c1-17-14-19-15-24(34-4)25(35-5)16-23(19)26(30-32(17)27(33)29-2)18-6-10-21(11-7-18)31(3)22-12-8-20(28)9-13-22/h6-13,15-17H,14H2,1-5H3,(H,29,33). The molecule has 0 spiro atoms. The van der Waals surface area contributed by atoms with Crippen molar-refractivity contribution in [2.75, 3.05) is 33.2 Å². The van der Waals surface area contributed by atoms with Crippen molar-refractivity contribution in [1.82, 2.24) is 10.3 Å². The van der Waals surface area contributed by atoms with Crippen molar-refractivity contribution < 1.29 is 18.7 Å². The molecule has 2 amide bonds. The summed E-state index contributed by atoms with van der Waals surface area (Å²) in [5.74, 6) is 0.944. The number of hydrazone groups is 1. The number of rotatable bonds is 5. The maximum Gasteiger partial charge on any atom is 0.337 e. The van der Waals surface area contributed by atoms with Gasteiger partial charge in [0.1, 0.15) is 5.82 Å². The average Bonchev–Trinajstić information content (AvgIpc) is 3.03. The Balaban J connectivity index is 1.79. The lowest BCUT2D eigenvalue weighted by Crippen LogP contribution is -2.41. The molecule has 3 aromatic rings. The van der Waals surface area contributed by atoms with E-state index in [9.17, 15) is 9.18 Å². The highest BCUT2D eigenvalue weighted by atomic mass is 19.1. The first-order chi connectivity index (χ1) is 16.9. The van der Waals surface area contributed by atoms with Crippen LogP contribution >= 0.6 is 0 Å². The van der Waals surface area contributed by atoms with Crippen molar-refractivity contribution >= 4 is 23.1 Å². The highest BCUT2D eigenvalue weighted by molar-refractivity contribution is 6.14. The van der Waals surface area contributed by atoms with Crippen LogP contribution in [0.5, 0.6) is 11.5 Å². The van der Waals surface area contributed by atoms with Crippen LogP contribution in [0.25, 0.3) is 0 Å². The highest BCUT2D eigenvalue weighted by Crippen LogP contribution is 2.35. The van der Waals surface area contributed by atoms with Gasteiger partial charge >= 0.3 is 6.03 Å². The number of urea groups is 1. The van der Waals surface area contributed by atoms with Gasteiger partial charge in [-0.3, -0.25) is 0 Å². The molecule has 1 heterocycles. The topological polar surface area (TPSA) is 66.4 Å². The fourth-order valence-electron chi connectivity index (χ4n) is 4.21. The van der Waals surface area contributed by atoms with Crippen LogP contribution in [0.4, 0.5) is 20.6 Å². The van der Waals surface area contributed by atoms with Crippen molar-refractivity contribution in [2.24, 2.45) is 5.10 Å². The molecule has 35 heavy (non-hydrogen) atoms. The summed E-state index contributed by atoms with van der Waals surface area (Å²) in [5, 5.41) is 8.96. The van der Waals surface area contributed by atoms with E-state index in [1.54, 1.807) is 33.4 Å². The second-order valence-electron chi connectivity index (χ2n) is 8.35. The zero-order chi connectivity index (χ0) is 25.1. The predicted octanol–water partition coefficient (Wildman–Crippen LogP) is 4.95. The lowest BCUT2D eigenvalue weighted by atomic mass is 9.94. The number of anilines is 2. The molecule has 1 aliphatic heterocycles. The van der Waals surface area contributed by atoms with Crippen molar-refractivity contribution in [3.05, 3.63) is 83.2 Å². The molecule has 1 atom stereocenters. The van der Waals surface area contributed by atoms with Gasteiger partial charge in [0, 0.05) is 36.6 Å². The molecule has 1 N–H and O–H groups in total. The molecule has 0 saturated heterocycles. The third-order valence-corrected chi connectivity index (χ3v) is 6.17. The summed E-state index contributed by atoms with van der Waals surface area (Å²) in [6.07, 6.45) is 0.599. The molecule has 0 fully saturated rings. The van der Waals surface area contributed by atoms with Gasteiger partial charge in [0.25, 0.3) is 0 Å². The van der Waals surface area contributed by atoms with Gasteiger partial charge in [0.15, 0.2) is 11.5 Å². The summed E-state index contributed by atoms with van der Waals surface area (Å²) in [5.41, 5.74) is 5.18. The Morgan fingerprint density at radius 2 is 1.60 bits per heavy atom. The molecule has 1 unspecified atom stereocenters. The van der Waals surface area contributed by atoms with Crippen molar-refractivity contribution in [2.45, 2.75) is 19.4 Å². The molecule has 1 aliphatic rings. The maximum atomic E-state index is 13.3. The number of carbonyl (C=O) groups is 1. The van der Waals surface area contributed by atoms with Crippen LogP contribution in [0.3, 0.4) is 0 Å². The zero-order valence-electron chi connectivity index (χ0n) is 20.5. The molecular formula is C27H29FN4O3. The smallest absolute Gasteiger partial charge is 0.337 e. The van der Waals surface area contributed by atoms with Crippen LogP contribution in [0.15, 0.2) is 65.8 Å². The van der Waals surface area contributed by atoms with Crippen molar-refractivity contribution in [3.63, 3.8) is 0 Å². The van der Waals surface area contributed by atoms with E-state index in [2.05, 4.69) is 5.32 Å². The van der Waals surface area contributed by atoms with E-state index in [4.69, 9.17) is 14.6 Å². The number of nitrogens with one attached hydrogen (secondary N) is 1. The molecule has 0 saturated carbocycles. The van der Waals surface area contributed by atoms with Gasteiger partial charge < -0.3 is 19.7 Å². The molecule has 4 rings (SSSR count). The number of nitrogens with zero attached hydrogens (tertiary/aromatic N) is 3. The summed E-state index contributed by atoms with van der Waals surface area (Å²) >= 11 is 0. The van der Waals surface area contributed by atoms with Gasteiger partial charge in [-0.15, -0.1) is 0 Å². The average molecular weight is 477 g/mol. The normalized spacial score (nSPS) is 15.0. The SMILES string of the molecule is CNC(=O)N1N=C(c2ccc(N(C)c3ccc(F)cc3)cc2)c2cc(OC)c(OC)cc2CC1C. The van der Waals surface area contributed by atoms with E-state index in [1.807, 2.05) is 55.3 Å². The first-order valence-corrected chi connectivity index (χ1v) is 11.3. The number of benzene rings is 3. The number of fused-ring (bicyclic) bond motifs is 1. The largest absolute Gasteiger partial charge is 0.493 e. The molecular weight excluding hydrogens is 447 g/mol. The Kier molecular flexibility index (Phi) is 6.91. The first kappa shape index (κ1) is 24.1. The number of halogens is 1. The number of ether oxygens (including phenoxy) is 2. The monoisotopic (exact) mass is 476 g/mol. The number of carbonyl (C=O) groups excluding carboxylic acids is 1. The van der Waals surface area contributed by atoms with E-state index in [-0.39, 0.29) is 17.9 Å². The Bertz CT molecular complexity index is 1240. The van der Waals surface area contributed by atoms with Crippen molar-refractivity contribution in [1.29, 1.82) is 0 Å². The summed E-state index contributed by atoms with van der Waals surface area (Å²) in [7, 11) is 6.71. The van der Waals surface area contributed by atoms with Crippen LogP contribution < -0.4 is 19.7 Å². The van der Waals surface area contributed by atoms with Crippen LogP contribution in [0, 0.1) is 5.82 Å². The summed E-state index contributed by atoms with van der Waals surface area (Å²) in [6.45, 7) is 1.96. The maximum absolute atomic E-state index is 13.3. The fourth-order valence-corrected chi connectivity index (χ4v) is 4.21. The Hall–Kier alpha value is -4.07. The summed E-state index contributed by atoms with van der Waals surface area (Å²) < 4.78 is 24.4. The van der Waals surface area contributed by atoms with E-state index in [1.165, 1.54) is 17.1 Å². The molecule has 7 nitrogen and oxygen atoms in total. The van der Waals surface area contributed by atoms with Crippen LogP contribution in [0.2, 0.25) is 0 Å². The zero-order valence-corrected chi connectivity index (χ0v) is 20.5. The summed E-state index contributed by atoms with van der Waals surface area (Å²) in [6, 6.07) is 17.6. The Morgan fingerprint density at radius 3 is 2.17 bits per heavy atom. The number of hydrogen-bond acceptors (Lipinski definition) is 5. The second kappa shape index (κ2) is 10.0. The molecule has 0 bridgehead atoms. The van der Waals surface area contributed by atoms with E-state index < -0.39 is 0 Å². The van der Waals surface area contributed by atoms with Crippen molar-refractivity contribution in [3.8, 4) is 11.5 Å². The van der Waals surface area contributed by atoms with Crippen LogP contribution in [-0.2, 0) is 6.42 Å². The van der Waals surface area contributed by atoms with Crippen LogP contribution in [-0.4, -0.2) is 51.1 Å². The highest BCUT2D eigenvalue weighted by Gasteiger charge is 2.28. The molecule has 0 aliphatic carbocycles. The van der Waals surface area contributed by atoms with E-state index in [0.29, 0.717) is 23.6 Å². The Morgan fingerprint density at radius 1 is 1.03 bits per heavy atom. The lowest BCUT2D eigenvalue weighted by Gasteiger charge is -2.23. The Labute approximate surface area is 204 Å². The van der Waals surface area contributed by atoms with Gasteiger partial charge in [0.2, 0.25) is 0 Å². The molecule has 182 valence electrons. The van der Waals surface area contributed by atoms with E-state index in [0.717, 1.165) is 28.1 Å². The van der Waals surface area contributed by atoms with Gasteiger partial charge in [0.05, 0.1) is 26.0 Å². The third kappa shape index (κ3) is 4.77. The van der Waals surface area contributed by atoms with Gasteiger partial charge in [-0.1, -0.05) is 12.1 Å².